The number of carbonyl (C=O) groups excluding carboxylic acids is 2. The Balaban J connectivity index is 1.82. The summed E-state index contributed by atoms with van der Waals surface area (Å²) in [7, 11) is 0. The number of amides is 1. The first-order valence-corrected chi connectivity index (χ1v) is 6.59. The second-order valence-corrected chi connectivity index (χ2v) is 5.32. The average Bonchev–Trinajstić information content (AvgIpc) is 3.20. The van der Waals surface area contributed by atoms with Gasteiger partial charge in [-0.3, -0.25) is 9.59 Å². The van der Waals surface area contributed by atoms with Crippen molar-refractivity contribution >= 4 is 11.7 Å². The van der Waals surface area contributed by atoms with Gasteiger partial charge in [-0.25, -0.2) is 0 Å². The molecule has 3 nitrogen and oxygen atoms in total. The summed E-state index contributed by atoms with van der Waals surface area (Å²) in [4.78, 5) is 25.8. The Morgan fingerprint density at radius 1 is 1.17 bits per heavy atom. The van der Waals surface area contributed by atoms with E-state index >= 15 is 0 Å². The topological polar surface area (TPSA) is 37.4 Å². The van der Waals surface area contributed by atoms with E-state index in [1.165, 1.54) is 0 Å². The minimum atomic E-state index is -0.321. The van der Waals surface area contributed by atoms with Crippen LogP contribution in [-0.4, -0.2) is 29.7 Å². The van der Waals surface area contributed by atoms with Gasteiger partial charge < -0.3 is 4.90 Å². The van der Waals surface area contributed by atoms with Crippen LogP contribution in [0.2, 0.25) is 0 Å². The largest absolute Gasteiger partial charge is 0.335 e. The number of hydrogen-bond acceptors (Lipinski definition) is 2. The molecule has 0 N–H and O–H groups in total. The van der Waals surface area contributed by atoms with E-state index in [1.807, 2.05) is 30.3 Å². The van der Waals surface area contributed by atoms with Crippen molar-refractivity contribution in [1.29, 1.82) is 0 Å². The van der Waals surface area contributed by atoms with Crippen LogP contribution in [0.5, 0.6) is 0 Å². The second kappa shape index (κ2) is 4.23. The monoisotopic (exact) mass is 243 g/mol. The van der Waals surface area contributed by atoms with E-state index in [0.29, 0.717) is 13.0 Å². The first kappa shape index (κ1) is 11.5. The summed E-state index contributed by atoms with van der Waals surface area (Å²) in [6.45, 7) is 1.05. The number of likely N-dealkylation sites (tertiary alicyclic amines) is 1. The molecule has 94 valence electrons. The Hall–Kier alpha value is -1.64. The lowest BCUT2D eigenvalue weighted by molar-refractivity contribution is -0.139. The normalized spacial score (nSPS) is 21.8. The van der Waals surface area contributed by atoms with Crippen molar-refractivity contribution < 1.29 is 9.59 Å². The summed E-state index contributed by atoms with van der Waals surface area (Å²) in [5.74, 6) is 0.347. The minimum absolute atomic E-state index is 0.154. The van der Waals surface area contributed by atoms with Crippen LogP contribution in [0.3, 0.4) is 0 Å². The maximum Gasteiger partial charge on any atom is 0.233 e. The molecule has 1 aliphatic heterocycles. The molecule has 2 fully saturated rings. The second-order valence-electron chi connectivity index (χ2n) is 5.32. The summed E-state index contributed by atoms with van der Waals surface area (Å²) in [5.41, 5.74) is 0.784. The summed E-state index contributed by atoms with van der Waals surface area (Å²) in [5, 5.41) is 0. The number of rotatable bonds is 2. The fourth-order valence-corrected chi connectivity index (χ4v) is 2.82. The third kappa shape index (κ3) is 1.84. The highest BCUT2D eigenvalue weighted by Crippen LogP contribution is 2.49. The van der Waals surface area contributed by atoms with Crippen molar-refractivity contribution in [3.63, 3.8) is 0 Å². The molecule has 0 atom stereocenters. The highest BCUT2D eigenvalue weighted by molar-refractivity contribution is 5.95. The molecule has 1 aromatic carbocycles. The van der Waals surface area contributed by atoms with Gasteiger partial charge in [0.1, 0.15) is 0 Å². The van der Waals surface area contributed by atoms with Gasteiger partial charge >= 0.3 is 0 Å². The maximum absolute atomic E-state index is 12.6. The molecule has 0 aromatic heterocycles. The van der Waals surface area contributed by atoms with Crippen LogP contribution >= 0.6 is 0 Å². The number of carbonyl (C=O) groups is 2. The number of hydrogen-bond donors (Lipinski definition) is 0. The number of benzene rings is 1. The van der Waals surface area contributed by atoms with Crippen molar-refractivity contribution in [3.05, 3.63) is 35.9 Å². The fraction of sp³-hybridized carbons (Fsp3) is 0.467. The zero-order valence-corrected chi connectivity index (χ0v) is 10.4. The van der Waals surface area contributed by atoms with E-state index in [0.717, 1.165) is 31.4 Å². The van der Waals surface area contributed by atoms with E-state index in [-0.39, 0.29) is 17.1 Å². The van der Waals surface area contributed by atoms with Gasteiger partial charge in [-0.05, 0) is 24.8 Å². The van der Waals surface area contributed by atoms with E-state index in [4.69, 9.17) is 0 Å². The number of nitrogens with zero attached hydrogens (tertiary/aromatic N) is 1. The first-order valence-electron chi connectivity index (χ1n) is 6.59. The number of piperidine rings is 1. The molecule has 3 rings (SSSR count). The molecule has 1 saturated heterocycles. The van der Waals surface area contributed by atoms with Gasteiger partial charge in [-0.15, -0.1) is 0 Å². The predicted octanol–water partition coefficient (Wildman–Crippen LogP) is 1.91. The van der Waals surface area contributed by atoms with Crippen LogP contribution in [-0.2, 0) is 15.0 Å². The molecule has 18 heavy (non-hydrogen) atoms. The van der Waals surface area contributed by atoms with Gasteiger partial charge in [0.15, 0.2) is 5.78 Å². The molecule has 0 bridgehead atoms. The van der Waals surface area contributed by atoms with Crippen molar-refractivity contribution in [3.8, 4) is 0 Å². The SMILES string of the molecule is O=C1CCCN(C(=O)C2(c3ccccc3)CC2)C1. The fourth-order valence-electron chi connectivity index (χ4n) is 2.82. The molecular weight excluding hydrogens is 226 g/mol. The lowest BCUT2D eigenvalue weighted by Crippen LogP contribution is -2.45. The van der Waals surface area contributed by atoms with Gasteiger partial charge in [0, 0.05) is 13.0 Å². The number of Topliss-reactive ketones (excluding diaryl/α,β-unsaturated/α-hetero) is 1. The predicted molar refractivity (Wildman–Crippen MR) is 68.2 cm³/mol. The summed E-state index contributed by atoms with van der Waals surface area (Å²) in [6.07, 6.45) is 3.28. The van der Waals surface area contributed by atoms with Gasteiger partial charge in [-0.2, -0.15) is 0 Å². The van der Waals surface area contributed by atoms with E-state index < -0.39 is 0 Å². The van der Waals surface area contributed by atoms with Gasteiger partial charge in [0.2, 0.25) is 5.91 Å². The lowest BCUT2D eigenvalue weighted by atomic mass is 9.93. The third-order valence-corrected chi connectivity index (χ3v) is 4.02. The Morgan fingerprint density at radius 2 is 1.89 bits per heavy atom. The van der Waals surface area contributed by atoms with Crippen molar-refractivity contribution in [1.82, 2.24) is 4.90 Å². The Morgan fingerprint density at radius 3 is 2.50 bits per heavy atom. The van der Waals surface area contributed by atoms with E-state index in [2.05, 4.69) is 0 Å². The summed E-state index contributed by atoms with van der Waals surface area (Å²) in [6, 6.07) is 9.97. The summed E-state index contributed by atoms with van der Waals surface area (Å²) < 4.78 is 0. The average molecular weight is 243 g/mol. The van der Waals surface area contributed by atoms with Crippen LogP contribution in [0, 0.1) is 0 Å². The molecule has 0 spiro atoms. The highest BCUT2D eigenvalue weighted by Gasteiger charge is 2.53. The number of ketones is 1. The lowest BCUT2D eigenvalue weighted by Gasteiger charge is -2.30. The van der Waals surface area contributed by atoms with E-state index in [9.17, 15) is 9.59 Å². The van der Waals surface area contributed by atoms with Crippen molar-refractivity contribution in [2.75, 3.05) is 13.1 Å². The zero-order chi connectivity index (χ0) is 12.6. The molecule has 1 saturated carbocycles. The van der Waals surface area contributed by atoms with Crippen LogP contribution in [0.4, 0.5) is 0 Å². The molecule has 3 heteroatoms. The zero-order valence-electron chi connectivity index (χ0n) is 10.4. The molecule has 2 aliphatic rings. The van der Waals surface area contributed by atoms with Crippen LogP contribution in [0.15, 0.2) is 30.3 Å². The molecule has 1 heterocycles. The first-order chi connectivity index (χ1) is 8.72. The highest BCUT2D eigenvalue weighted by atomic mass is 16.2. The van der Waals surface area contributed by atoms with Gasteiger partial charge in [-0.1, -0.05) is 30.3 Å². The summed E-state index contributed by atoms with van der Waals surface area (Å²) >= 11 is 0. The Bertz CT molecular complexity index is 477. The third-order valence-electron chi connectivity index (χ3n) is 4.02. The molecular formula is C15H17NO2. The van der Waals surface area contributed by atoms with Crippen LogP contribution in [0.1, 0.15) is 31.2 Å². The maximum atomic E-state index is 12.6. The smallest absolute Gasteiger partial charge is 0.233 e. The van der Waals surface area contributed by atoms with Gasteiger partial charge in [0.25, 0.3) is 0 Å². The molecule has 1 amide bonds. The van der Waals surface area contributed by atoms with Crippen LogP contribution in [0.25, 0.3) is 0 Å². The van der Waals surface area contributed by atoms with Crippen LogP contribution < -0.4 is 0 Å². The quantitative estimate of drug-likeness (QED) is 0.795. The molecule has 1 aromatic rings. The Kier molecular flexibility index (Phi) is 2.69. The standard InChI is InChI=1S/C15H17NO2/c17-13-7-4-10-16(11-13)14(18)15(8-9-15)12-5-2-1-3-6-12/h1-3,5-6H,4,7-11H2. The van der Waals surface area contributed by atoms with Gasteiger partial charge in [0.05, 0.1) is 12.0 Å². The Labute approximate surface area is 107 Å². The van der Waals surface area contributed by atoms with Crippen molar-refractivity contribution in [2.24, 2.45) is 0 Å². The molecule has 1 aliphatic carbocycles. The van der Waals surface area contributed by atoms with E-state index in [1.54, 1.807) is 4.90 Å². The molecule has 0 radical (unpaired) electrons. The minimum Gasteiger partial charge on any atom is -0.335 e. The molecule has 0 unspecified atom stereocenters. The van der Waals surface area contributed by atoms with Crippen molar-refractivity contribution in [2.45, 2.75) is 31.1 Å².